The van der Waals surface area contributed by atoms with Gasteiger partial charge in [-0.15, -0.1) is 11.8 Å². The monoisotopic (exact) mass is 542 g/mol. The number of hydrogen-bond acceptors (Lipinski definition) is 3. The molecule has 7 heteroatoms. The summed E-state index contributed by atoms with van der Waals surface area (Å²) in [7, 11) is 0. The fraction of sp³-hybridized carbons (Fsp3) is 0.310. The van der Waals surface area contributed by atoms with Crippen molar-refractivity contribution in [3.8, 4) is 0 Å². The summed E-state index contributed by atoms with van der Waals surface area (Å²) in [6, 6.07) is 24.3. The molecule has 0 aliphatic rings. The molecule has 0 bridgehead atoms. The van der Waals surface area contributed by atoms with E-state index in [-0.39, 0.29) is 24.4 Å². The normalized spacial score (nSPS) is 11.8. The van der Waals surface area contributed by atoms with Crippen molar-refractivity contribution in [2.24, 2.45) is 0 Å². The van der Waals surface area contributed by atoms with E-state index in [2.05, 4.69) is 5.32 Å². The van der Waals surface area contributed by atoms with Crippen LogP contribution in [0.15, 0.2) is 83.8 Å². The third-order valence-corrected chi connectivity index (χ3v) is 7.34. The summed E-state index contributed by atoms with van der Waals surface area (Å²) in [4.78, 5) is 29.8. The van der Waals surface area contributed by atoms with Crippen molar-refractivity contribution >= 4 is 46.8 Å². The molecule has 0 spiro atoms. The SMILES string of the molecule is CC(C)NC(=O)[C@@H](Cc1ccccc1)N(Cc1ccccc1Cl)C(=O)CCCSc1ccc(Cl)cc1. The Hall–Kier alpha value is -2.47. The van der Waals surface area contributed by atoms with Crippen LogP contribution in [0.2, 0.25) is 10.0 Å². The van der Waals surface area contributed by atoms with E-state index in [0.29, 0.717) is 29.3 Å². The molecule has 0 aliphatic carbocycles. The molecular weight excluding hydrogens is 511 g/mol. The molecule has 1 N–H and O–H groups in total. The third-order valence-electron chi connectivity index (χ3n) is 5.62. The second kappa shape index (κ2) is 14.3. The maximum absolute atomic E-state index is 13.6. The van der Waals surface area contributed by atoms with E-state index in [1.54, 1.807) is 16.7 Å². The Kier molecular flexibility index (Phi) is 11.2. The summed E-state index contributed by atoms with van der Waals surface area (Å²) in [5.74, 6) is 0.561. The van der Waals surface area contributed by atoms with Crippen molar-refractivity contribution in [3.05, 3.63) is 100 Å². The van der Waals surface area contributed by atoms with Crippen LogP contribution in [0.4, 0.5) is 0 Å². The molecule has 0 unspecified atom stereocenters. The summed E-state index contributed by atoms with van der Waals surface area (Å²) >= 11 is 14.1. The van der Waals surface area contributed by atoms with Crippen LogP contribution in [0.25, 0.3) is 0 Å². The van der Waals surface area contributed by atoms with E-state index in [4.69, 9.17) is 23.2 Å². The Labute approximate surface area is 228 Å². The van der Waals surface area contributed by atoms with Gasteiger partial charge in [0.2, 0.25) is 11.8 Å². The highest BCUT2D eigenvalue weighted by atomic mass is 35.5. The maximum atomic E-state index is 13.6. The van der Waals surface area contributed by atoms with Gasteiger partial charge >= 0.3 is 0 Å². The Morgan fingerprint density at radius 3 is 2.25 bits per heavy atom. The van der Waals surface area contributed by atoms with Crippen molar-refractivity contribution in [1.29, 1.82) is 0 Å². The summed E-state index contributed by atoms with van der Waals surface area (Å²) in [5.41, 5.74) is 1.81. The molecule has 0 saturated heterocycles. The quantitative estimate of drug-likeness (QED) is 0.197. The molecule has 4 nitrogen and oxygen atoms in total. The molecule has 0 radical (unpaired) electrons. The molecule has 190 valence electrons. The second-order valence-electron chi connectivity index (χ2n) is 8.89. The van der Waals surface area contributed by atoms with Gasteiger partial charge in [0.1, 0.15) is 6.04 Å². The molecule has 3 aromatic carbocycles. The number of nitrogens with zero attached hydrogens (tertiary/aromatic N) is 1. The average molecular weight is 544 g/mol. The predicted molar refractivity (Wildman–Crippen MR) is 151 cm³/mol. The minimum absolute atomic E-state index is 0.0381. The van der Waals surface area contributed by atoms with Crippen molar-refractivity contribution in [2.45, 2.75) is 56.6 Å². The van der Waals surface area contributed by atoms with Crippen LogP contribution < -0.4 is 5.32 Å². The minimum atomic E-state index is -0.650. The largest absolute Gasteiger partial charge is 0.352 e. The van der Waals surface area contributed by atoms with Gasteiger partial charge < -0.3 is 10.2 Å². The zero-order valence-corrected chi connectivity index (χ0v) is 23.0. The zero-order chi connectivity index (χ0) is 25.9. The van der Waals surface area contributed by atoms with Gasteiger partial charge in [-0.2, -0.15) is 0 Å². The van der Waals surface area contributed by atoms with Gasteiger partial charge in [0.25, 0.3) is 0 Å². The lowest BCUT2D eigenvalue weighted by Gasteiger charge is -2.32. The molecule has 0 fully saturated rings. The third kappa shape index (κ3) is 8.88. The highest BCUT2D eigenvalue weighted by Gasteiger charge is 2.30. The van der Waals surface area contributed by atoms with Crippen molar-refractivity contribution in [2.75, 3.05) is 5.75 Å². The van der Waals surface area contributed by atoms with Crippen LogP contribution in [-0.4, -0.2) is 34.6 Å². The number of thioether (sulfide) groups is 1. The molecule has 0 aliphatic heterocycles. The van der Waals surface area contributed by atoms with E-state index in [1.165, 1.54) is 0 Å². The van der Waals surface area contributed by atoms with Gasteiger partial charge in [-0.25, -0.2) is 0 Å². The van der Waals surface area contributed by atoms with Crippen molar-refractivity contribution in [3.63, 3.8) is 0 Å². The number of halogens is 2. The number of amides is 2. The molecule has 0 aromatic heterocycles. The smallest absolute Gasteiger partial charge is 0.243 e. The average Bonchev–Trinajstić information content (AvgIpc) is 2.86. The van der Waals surface area contributed by atoms with Crippen LogP contribution in [-0.2, 0) is 22.6 Å². The van der Waals surface area contributed by atoms with Crippen LogP contribution >= 0.6 is 35.0 Å². The highest BCUT2D eigenvalue weighted by molar-refractivity contribution is 7.99. The van der Waals surface area contributed by atoms with Gasteiger partial charge in [-0.1, -0.05) is 71.7 Å². The molecule has 3 aromatic rings. The molecule has 2 amide bonds. The zero-order valence-electron chi connectivity index (χ0n) is 20.6. The van der Waals surface area contributed by atoms with Gasteiger partial charge in [0.05, 0.1) is 0 Å². The lowest BCUT2D eigenvalue weighted by Crippen LogP contribution is -2.51. The number of rotatable bonds is 12. The van der Waals surface area contributed by atoms with Crippen LogP contribution in [0.5, 0.6) is 0 Å². The Bertz CT molecular complexity index is 1120. The molecule has 1 atom stereocenters. The predicted octanol–water partition coefficient (Wildman–Crippen LogP) is 7.03. The first-order valence-electron chi connectivity index (χ1n) is 12.1. The Balaban J connectivity index is 1.79. The number of hydrogen-bond donors (Lipinski definition) is 1. The summed E-state index contributed by atoms with van der Waals surface area (Å²) in [6.45, 7) is 4.11. The number of carbonyl (C=O) groups excluding carboxylic acids is 2. The maximum Gasteiger partial charge on any atom is 0.243 e. The first-order valence-corrected chi connectivity index (χ1v) is 13.8. The van der Waals surface area contributed by atoms with Crippen molar-refractivity contribution in [1.82, 2.24) is 10.2 Å². The first-order chi connectivity index (χ1) is 17.3. The molecule has 0 heterocycles. The van der Waals surface area contributed by atoms with E-state index >= 15 is 0 Å². The molecular formula is C29H32Cl2N2O2S. The Morgan fingerprint density at radius 1 is 0.917 bits per heavy atom. The fourth-order valence-corrected chi connectivity index (χ4v) is 5.01. The minimum Gasteiger partial charge on any atom is -0.352 e. The lowest BCUT2D eigenvalue weighted by molar-refractivity contribution is -0.141. The number of carbonyl (C=O) groups is 2. The molecule has 3 rings (SSSR count). The van der Waals surface area contributed by atoms with Crippen LogP contribution in [0, 0.1) is 0 Å². The summed E-state index contributed by atoms with van der Waals surface area (Å²) < 4.78 is 0. The second-order valence-corrected chi connectivity index (χ2v) is 10.9. The lowest BCUT2D eigenvalue weighted by atomic mass is 10.0. The highest BCUT2D eigenvalue weighted by Crippen LogP contribution is 2.24. The van der Waals surface area contributed by atoms with Gasteiger partial charge in [-0.3, -0.25) is 9.59 Å². The fourth-order valence-electron chi connectivity index (χ4n) is 3.83. The first kappa shape index (κ1) is 28.1. The topological polar surface area (TPSA) is 49.4 Å². The van der Waals surface area contributed by atoms with Crippen molar-refractivity contribution < 1.29 is 9.59 Å². The van der Waals surface area contributed by atoms with E-state index in [1.807, 2.05) is 92.7 Å². The van der Waals surface area contributed by atoms with E-state index in [9.17, 15) is 9.59 Å². The summed E-state index contributed by atoms with van der Waals surface area (Å²) in [5, 5.41) is 4.29. The van der Waals surface area contributed by atoms with Crippen LogP contribution in [0.1, 0.15) is 37.8 Å². The molecule has 36 heavy (non-hydrogen) atoms. The van der Waals surface area contributed by atoms with Gasteiger partial charge in [-0.05, 0) is 67.5 Å². The summed E-state index contributed by atoms with van der Waals surface area (Å²) in [6.07, 6.45) is 1.45. The Morgan fingerprint density at radius 2 is 1.58 bits per heavy atom. The number of benzene rings is 3. The van der Waals surface area contributed by atoms with E-state index < -0.39 is 6.04 Å². The molecule has 0 saturated carbocycles. The number of nitrogens with one attached hydrogen (secondary N) is 1. The van der Waals surface area contributed by atoms with Crippen LogP contribution in [0.3, 0.4) is 0 Å². The van der Waals surface area contributed by atoms with Gasteiger partial charge in [0.15, 0.2) is 0 Å². The van der Waals surface area contributed by atoms with E-state index in [0.717, 1.165) is 21.8 Å². The van der Waals surface area contributed by atoms with Gasteiger partial charge in [0, 0.05) is 40.4 Å². The standard InChI is InChI=1S/C29H32Cl2N2O2S/c1-21(2)32-29(35)27(19-22-9-4-3-5-10-22)33(20-23-11-6-7-12-26(23)31)28(34)13-8-18-36-25-16-14-24(30)15-17-25/h3-7,9-12,14-17,21,27H,8,13,18-20H2,1-2H3,(H,32,35)/t27-/m1/s1.